The van der Waals surface area contributed by atoms with Crippen LogP contribution in [0, 0.1) is 11.7 Å². The van der Waals surface area contributed by atoms with Crippen molar-refractivity contribution in [3.8, 4) is 5.75 Å². The van der Waals surface area contributed by atoms with Crippen LogP contribution in [-0.2, 0) is 6.54 Å². The fourth-order valence-electron chi connectivity index (χ4n) is 2.62. The summed E-state index contributed by atoms with van der Waals surface area (Å²) in [7, 11) is 0. The second-order valence-electron chi connectivity index (χ2n) is 5.13. The molecule has 1 aliphatic rings. The molecule has 0 aromatic heterocycles. The van der Waals surface area contributed by atoms with E-state index < -0.39 is 0 Å². The van der Waals surface area contributed by atoms with Gasteiger partial charge in [-0.2, -0.15) is 0 Å². The van der Waals surface area contributed by atoms with Crippen LogP contribution in [0.5, 0.6) is 5.75 Å². The first-order valence-electron chi connectivity index (χ1n) is 6.88. The molecule has 0 heterocycles. The monoisotopic (exact) mass is 251 g/mol. The Hall–Kier alpha value is -1.09. The molecular formula is C15H22FNO. The van der Waals surface area contributed by atoms with Crippen LogP contribution in [-0.4, -0.2) is 6.10 Å². The molecule has 3 heteroatoms. The van der Waals surface area contributed by atoms with E-state index in [0.717, 1.165) is 18.8 Å². The Morgan fingerprint density at radius 2 is 2.00 bits per heavy atom. The van der Waals surface area contributed by atoms with Gasteiger partial charge in [0.15, 0.2) is 0 Å². The highest BCUT2D eigenvalue weighted by Gasteiger charge is 2.21. The summed E-state index contributed by atoms with van der Waals surface area (Å²) in [6.45, 7) is 2.47. The van der Waals surface area contributed by atoms with Crippen molar-refractivity contribution < 1.29 is 9.13 Å². The van der Waals surface area contributed by atoms with Crippen LogP contribution >= 0.6 is 0 Å². The third-order valence-corrected chi connectivity index (χ3v) is 3.92. The quantitative estimate of drug-likeness (QED) is 0.886. The molecule has 0 amide bonds. The first-order chi connectivity index (χ1) is 8.72. The normalized spacial score (nSPS) is 23.9. The first-order valence-corrected chi connectivity index (χ1v) is 6.88. The molecule has 2 N–H and O–H groups in total. The molecule has 1 saturated carbocycles. The molecule has 1 aliphatic carbocycles. The zero-order chi connectivity index (χ0) is 13.0. The number of hydrogen-bond donors (Lipinski definition) is 1. The lowest BCUT2D eigenvalue weighted by molar-refractivity contribution is 0.129. The van der Waals surface area contributed by atoms with Crippen molar-refractivity contribution >= 4 is 0 Å². The van der Waals surface area contributed by atoms with E-state index >= 15 is 0 Å². The van der Waals surface area contributed by atoms with E-state index in [4.69, 9.17) is 10.5 Å². The molecule has 1 fully saturated rings. The van der Waals surface area contributed by atoms with Crippen molar-refractivity contribution in [3.05, 3.63) is 29.6 Å². The number of nitrogens with two attached hydrogens (primary N) is 1. The fraction of sp³-hybridized carbons (Fsp3) is 0.600. The molecular weight excluding hydrogens is 229 g/mol. The fourth-order valence-corrected chi connectivity index (χ4v) is 2.62. The Morgan fingerprint density at radius 1 is 1.28 bits per heavy atom. The summed E-state index contributed by atoms with van der Waals surface area (Å²) in [6, 6.07) is 4.98. The Labute approximate surface area is 108 Å². The number of ether oxygens (including phenoxy) is 1. The van der Waals surface area contributed by atoms with Crippen LogP contribution in [0.15, 0.2) is 18.2 Å². The van der Waals surface area contributed by atoms with E-state index in [-0.39, 0.29) is 18.5 Å². The lowest BCUT2D eigenvalue weighted by atomic mass is 9.86. The Balaban J connectivity index is 1.92. The third-order valence-electron chi connectivity index (χ3n) is 3.92. The largest absolute Gasteiger partial charge is 0.490 e. The van der Waals surface area contributed by atoms with Gasteiger partial charge in [0.25, 0.3) is 0 Å². The van der Waals surface area contributed by atoms with Crippen LogP contribution in [0.4, 0.5) is 4.39 Å². The molecule has 2 nitrogen and oxygen atoms in total. The molecule has 100 valence electrons. The Kier molecular flexibility index (Phi) is 4.59. The summed E-state index contributed by atoms with van der Waals surface area (Å²) < 4.78 is 19.4. The van der Waals surface area contributed by atoms with Crippen molar-refractivity contribution in [2.45, 2.75) is 51.7 Å². The molecule has 0 atom stereocenters. The number of halogens is 1. The SMILES string of the molecule is CCC1CCC(Oc2ccc(CN)c(F)c2)CC1. The second-order valence-corrected chi connectivity index (χ2v) is 5.13. The summed E-state index contributed by atoms with van der Waals surface area (Å²) in [4.78, 5) is 0. The number of benzene rings is 1. The van der Waals surface area contributed by atoms with Gasteiger partial charge in [0.05, 0.1) is 6.10 Å². The molecule has 18 heavy (non-hydrogen) atoms. The first kappa shape index (κ1) is 13.3. The van der Waals surface area contributed by atoms with Gasteiger partial charge in [0.1, 0.15) is 11.6 Å². The molecule has 1 aromatic carbocycles. The van der Waals surface area contributed by atoms with E-state index in [9.17, 15) is 4.39 Å². The molecule has 0 aliphatic heterocycles. The Bertz CT molecular complexity index is 386. The summed E-state index contributed by atoms with van der Waals surface area (Å²) >= 11 is 0. The highest BCUT2D eigenvalue weighted by atomic mass is 19.1. The average molecular weight is 251 g/mol. The van der Waals surface area contributed by atoms with Gasteiger partial charge in [0, 0.05) is 18.2 Å². The molecule has 0 radical (unpaired) electrons. The maximum Gasteiger partial charge on any atom is 0.131 e. The molecule has 1 aromatic rings. The van der Waals surface area contributed by atoms with Crippen LogP contribution in [0.25, 0.3) is 0 Å². The summed E-state index contributed by atoms with van der Waals surface area (Å²) in [5.74, 6) is 1.21. The zero-order valence-electron chi connectivity index (χ0n) is 11.0. The van der Waals surface area contributed by atoms with Gasteiger partial charge in [-0.25, -0.2) is 4.39 Å². The van der Waals surface area contributed by atoms with Gasteiger partial charge in [-0.1, -0.05) is 19.4 Å². The lowest BCUT2D eigenvalue weighted by Crippen LogP contribution is -2.23. The smallest absolute Gasteiger partial charge is 0.131 e. The van der Waals surface area contributed by atoms with E-state index in [2.05, 4.69) is 6.92 Å². The van der Waals surface area contributed by atoms with Crippen LogP contribution in [0.1, 0.15) is 44.6 Å². The van der Waals surface area contributed by atoms with Gasteiger partial charge < -0.3 is 10.5 Å². The highest BCUT2D eigenvalue weighted by molar-refractivity contribution is 5.29. The standard InChI is InChI=1S/C15H22FNO/c1-2-11-3-6-13(7-4-11)18-14-8-5-12(10-17)15(16)9-14/h5,8-9,11,13H,2-4,6-7,10,17H2,1H3. The Morgan fingerprint density at radius 3 is 2.56 bits per heavy atom. The van der Waals surface area contributed by atoms with E-state index in [1.165, 1.54) is 25.3 Å². The summed E-state index contributed by atoms with van der Waals surface area (Å²) in [5, 5.41) is 0. The molecule has 0 saturated heterocycles. The minimum Gasteiger partial charge on any atom is -0.490 e. The van der Waals surface area contributed by atoms with Gasteiger partial charge >= 0.3 is 0 Å². The minimum absolute atomic E-state index is 0.230. The van der Waals surface area contributed by atoms with Gasteiger partial charge in [-0.3, -0.25) is 0 Å². The molecule has 0 bridgehead atoms. The van der Waals surface area contributed by atoms with Crippen LogP contribution in [0.3, 0.4) is 0 Å². The predicted octanol–water partition coefficient (Wildman–Crippen LogP) is 3.63. The van der Waals surface area contributed by atoms with Crippen molar-refractivity contribution in [3.63, 3.8) is 0 Å². The molecule has 2 rings (SSSR count). The minimum atomic E-state index is -0.266. The highest BCUT2D eigenvalue weighted by Crippen LogP contribution is 2.29. The van der Waals surface area contributed by atoms with Crippen molar-refractivity contribution in [2.24, 2.45) is 11.7 Å². The average Bonchev–Trinajstić information content (AvgIpc) is 2.40. The zero-order valence-corrected chi connectivity index (χ0v) is 11.0. The van der Waals surface area contributed by atoms with E-state index in [1.807, 2.05) is 6.07 Å². The lowest BCUT2D eigenvalue weighted by Gasteiger charge is -2.28. The summed E-state index contributed by atoms with van der Waals surface area (Å²) in [5.41, 5.74) is 5.97. The number of hydrogen-bond acceptors (Lipinski definition) is 2. The van der Waals surface area contributed by atoms with Gasteiger partial charge in [-0.05, 0) is 37.7 Å². The third kappa shape index (κ3) is 3.22. The maximum absolute atomic E-state index is 13.6. The van der Waals surface area contributed by atoms with Gasteiger partial charge in [-0.15, -0.1) is 0 Å². The van der Waals surface area contributed by atoms with Gasteiger partial charge in [0.2, 0.25) is 0 Å². The maximum atomic E-state index is 13.6. The topological polar surface area (TPSA) is 35.2 Å². The van der Waals surface area contributed by atoms with Crippen LogP contribution < -0.4 is 10.5 Å². The number of rotatable bonds is 4. The molecule has 0 spiro atoms. The predicted molar refractivity (Wildman–Crippen MR) is 71.0 cm³/mol. The van der Waals surface area contributed by atoms with E-state index in [1.54, 1.807) is 6.07 Å². The van der Waals surface area contributed by atoms with Crippen LogP contribution in [0.2, 0.25) is 0 Å². The van der Waals surface area contributed by atoms with Crippen molar-refractivity contribution in [1.82, 2.24) is 0 Å². The molecule has 0 unspecified atom stereocenters. The summed E-state index contributed by atoms with van der Waals surface area (Å²) in [6.07, 6.45) is 6.12. The van der Waals surface area contributed by atoms with E-state index in [0.29, 0.717) is 11.3 Å². The van der Waals surface area contributed by atoms with Crippen molar-refractivity contribution in [1.29, 1.82) is 0 Å². The van der Waals surface area contributed by atoms with Crippen molar-refractivity contribution in [2.75, 3.05) is 0 Å². The second kappa shape index (κ2) is 6.19.